The Morgan fingerprint density at radius 3 is 2.81 bits per heavy atom. The monoisotopic (exact) mass is 219 g/mol. The molecular formula is C11H13N3O2. The predicted octanol–water partition coefficient (Wildman–Crippen LogP) is 0.415. The molecule has 16 heavy (non-hydrogen) atoms. The van der Waals surface area contributed by atoms with Crippen LogP contribution in [0.25, 0.3) is 0 Å². The first-order chi connectivity index (χ1) is 7.61. The number of rotatable bonds is 3. The summed E-state index contributed by atoms with van der Waals surface area (Å²) in [6.07, 6.45) is 2.12. The van der Waals surface area contributed by atoms with Gasteiger partial charge in [-0.15, -0.1) is 0 Å². The van der Waals surface area contributed by atoms with Crippen LogP contribution in [0.4, 0.5) is 0 Å². The van der Waals surface area contributed by atoms with Crippen LogP contribution in [0.5, 0.6) is 0 Å². The molecule has 5 nitrogen and oxygen atoms in total. The van der Waals surface area contributed by atoms with Crippen molar-refractivity contribution in [3.8, 4) is 0 Å². The summed E-state index contributed by atoms with van der Waals surface area (Å²) in [5.41, 5.74) is 6.24. The van der Waals surface area contributed by atoms with Crippen molar-refractivity contribution in [1.29, 1.82) is 0 Å². The molecular weight excluding hydrogens is 206 g/mol. The maximum Gasteiger partial charge on any atom is 0.280 e. The second kappa shape index (κ2) is 4.02. The summed E-state index contributed by atoms with van der Waals surface area (Å²) in [5, 5.41) is 0. The van der Waals surface area contributed by atoms with Gasteiger partial charge in [0.05, 0.1) is 5.56 Å². The number of carbonyl (C=O) groups excluding carboxylic acids is 2. The van der Waals surface area contributed by atoms with E-state index in [1.807, 2.05) is 6.92 Å². The van der Waals surface area contributed by atoms with Crippen molar-refractivity contribution >= 4 is 11.8 Å². The summed E-state index contributed by atoms with van der Waals surface area (Å²) in [4.78, 5) is 28.8. The zero-order valence-electron chi connectivity index (χ0n) is 9.01. The van der Waals surface area contributed by atoms with E-state index in [0.29, 0.717) is 18.5 Å². The van der Waals surface area contributed by atoms with Crippen molar-refractivity contribution in [2.24, 2.45) is 5.73 Å². The molecule has 0 fully saturated rings. The van der Waals surface area contributed by atoms with Crippen LogP contribution in [-0.4, -0.2) is 34.3 Å². The van der Waals surface area contributed by atoms with Crippen LogP contribution in [0.15, 0.2) is 18.3 Å². The van der Waals surface area contributed by atoms with Crippen LogP contribution in [0.1, 0.15) is 34.2 Å². The zero-order valence-corrected chi connectivity index (χ0v) is 9.01. The summed E-state index contributed by atoms with van der Waals surface area (Å²) in [6.45, 7) is 2.20. The van der Waals surface area contributed by atoms with Gasteiger partial charge < -0.3 is 5.73 Å². The van der Waals surface area contributed by atoms with E-state index in [0.717, 1.165) is 0 Å². The predicted molar refractivity (Wildman–Crippen MR) is 57.9 cm³/mol. The minimum Gasteiger partial charge on any atom is -0.328 e. The molecule has 0 radical (unpaired) electrons. The summed E-state index contributed by atoms with van der Waals surface area (Å²) in [7, 11) is 0. The van der Waals surface area contributed by atoms with E-state index in [1.165, 1.54) is 11.1 Å². The largest absolute Gasteiger partial charge is 0.328 e. The van der Waals surface area contributed by atoms with Crippen LogP contribution in [0.3, 0.4) is 0 Å². The summed E-state index contributed by atoms with van der Waals surface area (Å²) < 4.78 is 0. The van der Waals surface area contributed by atoms with Gasteiger partial charge >= 0.3 is 0 Å². The molecule has 0 saturated carbocycles. The van der Waals surface area contributed by atoms with Gasteiger partial charge in [-0.1, -0.05) is 0 Å². The number of aromatic nitrogens is 1. The van der Waals surface area contributed by atoms with Gasteiger partial charge in [0.1, 0.15) is 5.69 Å². The highest BCUT2D eigenvalue weighted by Gasteiger charge is 2.36. The van der Waals surface area contributed by atoms with E-state index in [4.69, 9.17) is 5.73 Å². The summed E-state index contributed by atoms with van der Waals surface area (Å²) >= 11 is 0. The van der Waals surface area contributed by atoms with Gasteiger partial charge in [0.2, 0.25) is 0 Å². The molecule has 0 aromatic carbocycles. The Balaban J connectivity index is 2.22. The minimum atomic E-state index is -0.318. The van der Waals surface area contributed by atoms with Crippen molar-refractivity contribution in [2.45, 2.75) is 19.4 Å². The van der Waals surface area contributed by atoms with Gasteiger partial charge in [-0.25, -0.2) is 0 Å². The number of imide groups is 1. The van der Waals surface area contributed by atoms with E-state index in [-0.39, 0.29) is 23.6 Å². The Morgan fingerprint density at radius 2 is 2.19 bits per heavy atom. The first kappa shape index (κ1) is 10.8. The third-order valence-electron chi connectivity index (χ3n) is 2.54. The number of hydrogen-bond donors (Lipinski definition) is 1. The third kappa shape index (κ3) is 1.69. The Kier molecular flexibility index (Phi) is 2.70. The van der Waals surface area contributed by atoms with Gasteiger partial charge in [0, 0.05) is 18.8 Å². The molecule has 1 atom stereocenters. The van der Waals surface area contributed by atoms with Crippen molar-refractivity contribution < 1.29 is 9.59 Å². The molecule has 1 aliphatic rings. The van der Waals surface area contributed by atoms with Crippen molar-refractivity contribution in [1.82, 2.24) is 9.88 Å². The lowest BCUT2D eigenvalue weighted by Crippen LogP contribution is -2.33. The fraction of sp³-hybridized carbons (Fsp3) is 0.364. The number of hydrogen-bond acceptors (Lipinski definition) is 4. The Labute approximate surface area is 93.3 Å². The normalized spacial score (nSPS) is 16.5. The van der Waals surface area contributed by atoms with Crippen molar-refractivity contribution in [2.75, 3.05) is 6.54 Å². The van der Waals surface area contributed by atoms with Crippen LogP contribution in [-0.2, 0) is 0 Å². The molecule has 2 heterocycles. The molecule has 1 aromatic rings. The second-order valence-corrected chi connectivity index (χ2v) is 3.93. The third-order valence-corrected chi connectivity index (χ3v) is 2.54. The van der Waals surface area contributed by atoms with E-state index in [1.54, 1.807) is 12.1 Å². The number of fused-ring (bicyclic) bond motifs is 1. The number of amides is 2. The Morgan fingerprint density at radius 1 is 1.44 bits per heavy atom. The molecule has 2 N–H and O–H groups in total. The Hall–Kier alpha value is -1.75. The number of pyridine rings is 1. The number of nitrogens with two attached hydrogens (primary N) is 1. The van der Waals surface area contributed by atoms with Gasteiger partial charge in [-0.2, -0.15) is 0 Å². The molecule has 0 bridgehead atoms. The topological polar surface area (TPSA) is 76.3 Å². The fourth-order valence-electron chi connectivity index (χ4n) is 1.65. The molecule has 2 amide bonds. The van der Waals surface area contributed by atoms with E-state index in [9.17, 15) is 9.59 Å². The average molecular weight is 219 g/mol. The molecule has 2 rings (SSSR count). The van der Waals surface area contributed by atoms with Gasteiger partial charge in [0.25, 0.3) is 11.8 Å². The van der Waals surface area contributed by atoms with Crippen molar-refractivity contribution in [3.05, 3.63) is 29.6 Å². The minimum absolute atomic E-state index is 0.0303. The molecule has 84 valence electrons. The molecule has 1 aromatic heterocycles. The molecule has 5 heteroatoms. The SMILES string of the molecule is CC(N)CCN1C(=O)c2cccnc2C1=O. The van der Waals surface area contributed by atoms with Gasteiger partial charge in [-0.3, -0.25) is 19.5 Å². The summed E-state index contributed by atoms with van der Waals surface area (Å²) in [5.74, 6) is -0.588. The molecule has 0 spiro atoms. The Bertz CT molecular complexity index is 408. The molecule has 1 aliphatic heterocycles. The first-order valence-corrected chi connectivity index (χ1v) is 5.18. The lowest BCUT2D eigenvalue weighted by Gasteiger charge is -2.14. The fourth-order valence-corrected chi connectivity index (χ4v) is 1.65. The molecule has 0 aliphatic carbocycles. The quantitative estimate of drug-likeness (QED) is 0.747. The van der Waals surface area contributed by atoms with Crippen LogP contribution >= 0.6 is 0 Å². The van der Waals surface area contributed by atoms with Gasteiger partial charge in [-0.05, 0) is 25.5 Å². The lowest BCUT2D eigenvalue weighted by molar-refractivity contribution is 0.0649. The van der Waals surface area contributed by atoms with Gasteiger partial charge in [0.15, 0.2) is 0 Å². The van der Waals surface area contributed by atoms with Crippen LogP contribution in [0.2, 0.25) is 0 Å². The maximum absolute atomic E-state index is 11.8. The molecule has 1 unspecified atom stereocenters. The smallest absolute Gasteiger partial charge is 0.280 e. The zero-order chi connectivity index (χ0) is 11.7. The van der Waals surface area contributed by atoms with Crippen LogP contribution in [0, 0.1) is 0 Å². The second-order valence-electron chi connectivity index (χ2n) is 3.93. The van der Waals surface area contributed by atoms with E-state index >= 15 is 0 Å². The standard InChI is InChI=1S/C11H13N3O2/c1-7(12)4-6-14-10(15)8-3-2-5-13-9(8)11(14)16/h2-3,5,7H,4,6,12H2,1H3. The molecule has 0 saturated heterocycles. The van der Waals surface area contributed by atoms with E-state index in [2.05, 4.69) is 4.98 Å². The summed E-state index contributed by atoms with van der Waals surface area (Å²) in [6, 6.07) is 3.24. The van der Waals surface area contributed by atoms with Crippen LogP contribution < -0.4 is 5.73 Å². The highest BCUT2D eigenvalue weighted by Crippen LogP contribution is 2.20. The maximum atomic E-state index is 11.8. The number of carbonyl (C=O) groups is 2. The lowest BCUT2D eigenvalue weighted by atomic mass is 10.2. The highest BCUT2D eigenvalue weighted by atomic mass is 16.2. The van der Waals surface area contributed by atoms with Crippen molar-refractivity contribution in [3.63, 3.8) is 0 Å². The average Bonchev–Trinajstić information content (AvgIpc) is 2.50. The van der Waals surface area contributed by atoms with E-state index < -0.39 is 0 Å². The number of nitrogens with zero attached hydrogens (tertiary/aromatic N) is 2. The highest BCUT2D eigenvalue weighted by molar-refractivity contribution is 6.20. The first-order valence-electron chi connectivity index (χ1n) is 5.18.